The van der Waals surface area contributed by atoms with Crippen molar-refractivity contribution in [3.05, 3.63) is 59.2 Å². The molecule has 0 aliphatic heterocycles. The van der Waals surface area contributed by atoms with E-state index in [1.807, 2.05) is 38.4 Å². The van der Waals surface area contributed by atoms with Gasteiger partial charge in [0.2, 0.25) is 10.0 Å². The number of rotatable bonds is 9. The summed E-state index contributed by atoms with van der Waals surface area (Å²) in [5.41, 5.74) is 2.43. The van der Waals surface area contributed by atoms with Gasteiger partial charge in [-0.2, -0.15) is 0 Å². The van der Waals surface area contributed by atoms with Crippen molar-refractivity contribution in [2.24, 2.45) is 0 Å². The first-order chi connectivity index (χ1) is 13.8. The van der Waals surface area contributed by atoms with Crippen molar-refractivity contribution < 1.29 is 17.9 Å². The van der Waals surface area contributed by atoms with E-state index in [0.29, 0.717) is 6.54 Å². The van der Waals surface area contributed by atoms with Gasteiger partial charge in [0, 0.05) is 24.7 Å². The Labute approximate surface area is 172 Å². The third-order valence-corrected chi connectivity index (χ3v) is 6.13. The fourth-order valence-corrected chi connectivity index (χ4v) is 4.42. The van der Waals surface area contributed by atoms with E-state index in [1.54, 1.807) is 6.07 Å². The summed E-state index contributed by atoms with van der Waals surface area (Å²) in [5, 5.41) is 2.84. The van der Waals surface area contributed by atoms with Gasteiger partial charge in [0.15, 0.2) is 0 Å². The van der Waals surface area contributed by atoms with E-state index in [9.17, 15) is 13.2 Å². The topological polar surface area (TPSA) is 87.7 Å². The van der Waals surface area contributed by atoms with E-state index in [2.05, 4.69) is 14.9 Å². The highest BCUT2D eigenvalue weighted by molar-refractivity contribution is 7.89. The molecule has 7 nitrogen and oxygen atoms in total. The molecule has 2 aromatic rings. The predicted octanol–water partition coefficient (Wildman–Crippen LogP) is 2.13. The number of benzene rings is 2. The second-order valence-electron chi connectivity index (χ2n) is 7.50. The van der Waals surface area contributed by atoms with Gasteiger partial charge in [0.05, 0.1) is 7.11 Å². The molecule has 1 amide bonds. The standard InChI is InChI=1S/C21H27N3O4S/c1-24(2)14-16-6-4-15(5-7-16)13-22-21(25)17-8-11-19(28-3)20(12-17)29(26,27)23-18-9-10-18/h4-8,11-12,18,23H,9-10,13-14H2,1-3H3,(H,22,25). The zero-order chi connectivity index (χ0) is 21.0. The maximum absolute atomic E-state index is 12.6. The van der Waals surface area contributed by atoms with Crippen molar-refractivity contribution in [3.8, 4) is 5.75 Å². The number of carbonyl (C=O) groups excluding carboxylic acids is 1. The van der Waals surface area contributed by atoms with Crippen molar-refractivity contribution >= 4 is 15.9 Å². The molecule has 3 rings (SSSR count). The zero-order valence-corrected chi connectivity index (χ0v) is 17.8. The Bertz CT molecular complexity index is 968. The molecule has 1 fully saturated rings. The highest BCUT2D eigenvalue weighted by Gasteiger charge is 2.30. The van der Waals surface area contributed by atoms with Crippen LogP contribution in [-0.4, -0.2) is 46.5 Å². The van der Waals surface area contributed by atoms with Crippen LogP contribution in [0.2, 0.25) is 0 Å². The van der Waals surface area contributed by atoms with Gasteiger partial charge in [0.25, 0.3) is 5.91 Å². The molecule has 0 spiro atoms. The molecule has 2 N–H and O–H groups in total. The largest absolute Gasteiger partial charge is 0.495 e. The predicted molar refractivity (Wildman–Crippen MR) is 111 cm³/mol. The van der Waals surface area contributed by atoms with Gasteiger partial charge in [-0.25, -0.2) is 13.1 Å². The van der Waals surface area contributed by atoms with Crippen LogP contribution in [-0.2, 0) is 23.1 Å². The Morgan fingerprint density at radius 2 is 1.76 bits per heavy atom. The lowest BCUT2D eigenvalue weighted by Gasteiger charge is -2.13. The van der Waals surface area contributed by atoms with Crippen LogP contribution in [0.4, 0.5) is 0 Å². The van der Waals surface area contributed by atoms with Crippen LogP contribution in [0.3, 0.4) is 0 Å². The van der Waals surface area contributed by atoms with Crippen LogP contribution in [0.25, 0.3) is 0 Å². The summed E-state index contributed by atoms with van der Waals surface area (Å²) in [6.45, 7) is 1.21. The number of ether oxygens (including phenoxy) is 1. The zero-order valence-electron chi connectivity index (χ0n) is 16.9. The van der Waals surface area contributed by atoms with Crippen molar-refractivity contribution in [2.75, 3.05) is 21.2 Å². The van der Waals surface area contributed by atoms with Gasteiger partial charge in [0.1, 0.15) is 10.6 Å². The summed E-state index contributed by atoms with van der Waals surface area (Å²) in [6, 6.07) is 12.4. The molecule has 1 aliphatic carbocycles. The highest BCUT2D eigenvalue weighted by Crippen LogP contribution is 2.28. The number of amides is 1. The molecular weight excluding hydrogens is 390 g/mol. The minimum Gasteiger partial charge on any atom is -0.495 e. The van der Waals surface area contributed by atoms with E-state index >= 15 is 0 Å². The van der Waals surface area contributed by atoms with E-state index in [1.165, 1.54) is 24.8 Å². The SMILES string of the molecule is COc1ccc(C(=O)NCc2ccc(CN(C)C)cc2)cc1S(=O)(=O)NC1CC1. The van der Waals surface area contributed by atoms with Crippen LogP contribution in [0.15, 0.2) is 47.4 Å². The maximum atomic E-state index is 12.6. The minimum absolute atomic E-state index is 0.0208. The van der Waals surface area contributed by atoms with Gasteiger partial charge >= 0.3 is 0 Å². The summed E-state index contributed by atoms with van der Waals surface area (Å²) in [4.78, 5) is 14.6. The smallest absolute Gasteiger partial charge is 0.251 e. The summed E-state index contributed by atoms with van der Waals surface area (Å²) >= 11 is 0. The number of hydrogen-bond donors (Lipinski definition) is 2. The molecule has 1 aliphatic rings. The lowest BCUT2D eigenvalue weighted by atomic mass is 10.1. The van der Waals surface area contributed by atoms with Crippen LogP contribution < -0.4 is 14.8 Å². The number of methoxy groups -OCH3 is 1. The summed E-state index contributed by atoms with van der Waals surface area (Å²) < 4.78 is 33.0. The average Bonchev–Trinajstić information content (AvgIpc) is 3.49. The first-order valence-electron chi connectivity index (χ1n) is 9.49. The van der Waals surface area contributed by atoms with Crippen LogP contribution in [0.1, 0.15) is 34.3 Å². The molecule has 0 saturated heterocycles. The van der Waals surface area contributed by atoms with Crippen molar-refractivity contribution in [2.45, 2.75) is 36.9 Å². The monoisotopic (exact) mass is 417 g/mol. The first kappa shape index (κ1) is 21.3. The molecule has 0 heterocycles. The van der Waals surface area contributed by atoms with E-state index in [-0.39, 0.29) is 28.2 Å². The Morgan fingerprint density at radius 3 is 2.34 bits per heavy atom. The molecular formula is C21H27N3O4S. The van der Waals surface area contributed by atoms with Crippen LogP contribution in [0.5, 0.6) is 5.75 Å². The lowest BCUT2D eigenvalue weighted by Crippen LogP contribution is -2.27. The fraction of sp³-hybridized carbons (Fsp3) is 0.381. The Morgan fingerprint density at radius 1 is 1.10 bits per heavy atom. The molecule has 29 heavy (non-hydrogen) atoms. The van der Waals surface area contributed by atoms with Gasteiger partial charge in [-0.1, -0.05) is 24.3 Å². The molecule has 8 heteroatoms. The quantitative estimate of drug-likeness (QED) is 0.653. The molecule has 2 aromatic carbocycles. The molecule has 0 unspecified atom stereocenters. The number of sulfonamides is 1. The van der Waals surface area contributed by atoms with Crippen LogP contribution >= 0.6 is 0 Å². The second-order valence-corrected chi connectivity index (χ2v) is 9.18. The minimum atomic E-state index is -3.74. The maximum Gasteiger partial charge on any atom is 0.251 e. The van der Waals surface area contributed by atoms with Crippen molar-refractivity contribution in [1.82, 2.24) is 14.9 Å². The third-order valence-electron chi connectivity index (χ3n) is 4.59. The number of nitrogens with one attached hydrogen (secondary N) is 2. The molecule has 0 atom stereocenters. The van der Waals surface area contributed by atoms with Crippen LogP contribution in [0, 0.1) is 0 Å². The molecule has 0 radical (unpaired) electrons. The third kappa shape index (κ3) is 5.79. The molecule has 156 valence electrons. The number of nitrogens with zero attached hydrogens (tertiary/aromatic N) is 1. The summed E-state index contributed by atoms with van der Waals surface area (Å²) in [6.07, 6.45) is 1.66. The van der Waals surface area contributed by atoms with Gasteiger partial charge < -0.3 is 15.0 Å². The summed E-state index contributed by atoms with van der Waals surface area (Å²) in [5.74, 6) is -0.126. The Kier molecular flexibility index (Phi) is 6.56. The van der Waals surface area contributed by atoms with Gasteiger partial charge in [-0.3, -0.25) is 4.79 Å². The second kappa shape index (κ2) is 8.94. The van der Waals surface area contributed by atoms with E-state index in [4.69, 9.17) is 4.74 Å². The fourth-order valence-electron chi connectivity index (χ4n) is 2.92. The van der Waals surface area contributed by atoms with E-state index in [0.717, 1.165) is 24.9 Å². The van der Waals surface area contributed by atoms with Gasteiger partial charge in [-0.15, -0.1) is 0 Å². The van der Waals surface area contributed by atoms with Crippen molar-refractivity contribution in [3.63, 3.8) is 0 Å². The first-order valence-corrected chi connectivity index (χ1v) is 11.0. The van der Waals surface area contributed by atoms with Gasteiger partial charge in [-0.05, 0) is 56.3 Å². The molecule has 0 bridgehead atoms. The molecule has 0 aromatic heterocycles. The average molecular weight is 418 g/mol. The van der Waals surface area contributed by atoms with Crippen molar-refractivity contribution in [1.29, 1.82) is 0 Å². The van der Waals surface area contributed by atoms with E-state index < -0.39 is 10.0 Å². The number of carbonyl (C=O) groups is 1. The highest BCUT2D eigenvalue weighted by atomic mass is 32.2. The Hall–Kier alpha value is -2.42. The normalized spacial score (nSPS) is 14.1. The lowest BCUT2D eigenvalue weighted by molar-refractivity contribution is 0.0950. The Balaban J connectivity index is 1.69. The molecule has 1 saturated carbocycles. The number of hydrogen-bond acceptors (Lipinski definition) is 5. The summed E-state index contributed by atoms with van der Waals surface area (Å²) in [7, 11) is 1.69.